The van der Waals surface area contributed by atoms with Gasteiger partial charge in [-0.3, -0.25) is 4.98 Å². The van der Waals surface area contributed by atoms with E-state index in [2.05, 4.69) is 9.72 Å². The maximum atomic E-state index is 13.4. The predicted molar refractivity (Wildman–Crippen MR) is 49.4 cm³/mol. The Hall–Kier alpha value is -1.96. The fourth-order valence-electron chi connectivity index (χ4n) is 1.01. The van der Waals surface area contributed by atoms with Crippen molar-refractivity contribution in [2.24, 2.45) is 0 Å². The highest BCUT2D eigenvalue weighted by atomic mass is 19.1. The van der Waals surface area contributed by atoms with Gasteiger partial charge >= 0.3 is 5.97 Å². The first kappa shape index (κ1) is 11.1. The van der Waals surface area contributed by atoms with Gasteiger partial charge in [-0.05, 0) is 13.0 Å². The number of rotatable bonds is 3. The highest BCUT2D eigenvalue weighted by molar-refractivity contribution is 5.76. The topological polar surface area (TPSA) is 63.0 Å². The van der Waals surface area contributed by atoms with E-state index in [1.165, 1.54) is 18.5 Å². The molecule has 0 saturated carbocycles. The first-order chi connectivity index (χ1) is 7.19. The fourth-order valence-corrected chi connectivity index (χ4v) is 1.01. The van der Waals surface area contributed by atoms with E-state index in [-0.39, 0.29) is 17.7 Å². The second-order valence-electron chi connectivity index (χ2n) is 2.73. The Morgan fingerprint density at radius 1 is 1.73 bits per heavy atom. The van der Waals surface area contributed by atoms with Gasteiger partial charge in [-0.25, -0.2) is 9.18 Å². The number of aromatic nitrogens is 1. The van der Waals surface area contributed by atoms with Gasteiger partial charge in [0.2, 0.25) is 6.17 Å². The van der Waals surface area contributed by atoms with E-state index in [0.717, 1.165) is 0 Å². The molecule has 0 bridgehead atoms. The molecule has 5 heteroatoms. The Bertz CT molecular complexity index is 401. The second-order valence-corrected chi connectivity index (χ2v) is 2.73. The molecule has 0 radical (unpaired) electrons. The summed E-state index contributed by atoms with van der Waals surface area (Å²) in [6.45, 7) is 1.71. The van der Waals surface area contributed by atoms with E-state index < -0.39 is 12.1 Å². The molecule has 1 rings (SSSR count). The Morgan fingerprint density at radius 2 is 2.47 bits per heavy atom. The lowest BCUT2D eigenvalue weighted by atomic mass is 10.1. The summed E-state index contributed by atoms with van der Waals surface area (Å²) in [7, 11) is 0. The van der Waals surface area contributed by atoms with Crippen molar-refractivity contribution >= 4 is 5.97 Å². The third-order valence-corrected chi connectivity index (χ3v) is 1.67. The van der Waals surface area contributed by atoms with E-state index >= 15 is 0 Å². The molecule has 0 saturated heterocycles. The van der Waals surface area contributed by atoms with Gasteiger partial charge in [-0.15, -0.1) is 0 Å². The lowest BCUT2D eigenvalue weighted by Gasteiger charge is -2.06. The fraction of sp³-hybridized carbons (Fsp3) is 0.300. The summed E-state index contributed by atoms with van der Waals surface area (Å²) in [5.74, 6) is -0.964. The maximum absolute atomic E-state index is 13.4. The number of nitrogens with zero attached hydrogens (tertiary/aromatic N) is 2. The Balaban J connectivity index is 2.87. The van der Waals surface area contributed by atoms with E-state index in [0.29, 0.717) is 0 Å². The van der Waals surface area contributed by atoms with Crippen LogP contribution < -0.4 is 0 Å². The van der Waals surface area contributed by atoms with E-state index in [4.69, 9.17) is 5.26 Å². The maximum Gasteiger partial charge on any atom is 0.345 e. The molecule has 1 aromatic heterocycles. The predicted octanol–water partition coefficient (Wildman–Crippen LogP) is 1.53. The number of halogens is 1. The monoisotopic (exact) mass is 208 g/mol. The van der Waals surface area contributed by atoms with Gasteiger partial charge in [0.05, 0.1) is 12.2 Å². The molecule has 78 valence electrons. The van der Waals surface area contributed by atoms with Crippen LogP contribution in [0.4, 0.5) is 4.39 Å². The van der Waals surface area contributed by atoms with Crippen LogP contribution in [0.2, 0.25) is 0 Å². The van der Waals surface area contributed by atoms with Gasteiger partial charge in [-0.2, -0.15) is 5.26 Å². The molecule has 1 unspecified atom stereocenters. The zero-order valence-corrected chi connectivity index (χ0v) is 8.11. The molecule has 1 aromatic rings. The van der Waals surface area contributed by atoms with Crippen LogP contribution in [0.15, 0.2) is 18.5 Å². The van der Waals surface area contributed by atoms with Crippen LogP contribution in [0.3, 0.4) is 0 Å². The van der Waals surface area contributed by atoms with Gasteiger partial charge < -0.3 is 4.74 Å². The second kappa shape index (κ2) is 5.05. The third kappa shape index (κ3) is 2.74. The molecular weight excluding hydrogens is 199 g/mol. The van der Waals surface area contributed by atoms with E-state index in [9.17, 15) is 9.18 Å². The molecule has 0 fully saturated rings. The highest BCUT2D eigenvalue weighted by Gasteiger charge is 2.21. The van der Waals surface area contributed by atoms with Crippen molar-refractivity contribution in [3.05, 3.63) is 29.6 Å². The zero-order valence-electron chi connectivity index (χ0n) is 8.11. The average Bonchev–Trinajstić information content (AvgIpc) is 2.28. The van der Waals surface area contributed by atoms with Gasteiger partial charge in [-0.1, -0.05) is 0 Å². The zero-order chi connectivity index (χ0) is 11.3. The third-order valence-electron chi connectivity index (χ3n) is 1.67. The molecule has 15 heavy (non-hydrogen) atoms. The Labute approximate surface area is 86.3 Å². The summed E-state index contributed by atoms with van der Waals surface area (Å²) in [6.07, 6.45) is 0.606. The minimum Gasteiger partial charge on any atom is -0.464 e. The van der Waals surface area contributed by atoms with Crippen molar-refractivity contribution in [2.45, 2.75) is 13.1 Å². The average molecular weight is 208 g/mol. The highest BCUT2D eigenvalue weighted by Crippen LogP contribution is 2.18. The SMILES string of the molecule is CCOC(=O)C(F)c1cncc(C#N)c1. The number of nitriles is 1. The molecule has 0 aromatic carbocycles. The molecule has 0 amide bonds. The largest absolute Gasteiger partial charge is 0.464 e. The lowest BCUT2D eigenvalue weighted by Crippen LogP contribution is -2.12. The minimum atomic E-state index is -1.88. The van der Waals surface area contributed by atoms with Gasteiger partial charge in [0.25, 0.3) is 0 Å². The van der Waals surface area contributed by atoms with Crippen molar-refractivity contribution < 1.29 is 13.9 Å². The quantitative estimate of drug-likeness (QED) is 0.706. The van der Waals surface area contributed by atoms with E-state index in [1.54, 1.807) is 6.92 Å². The number of hydrogen-bond acceptors (Lipinski definition) is 4. The molecule has 1 atom stereocenters. The van der Waals surface area contributed by atoms with Gasteiger partial charge in [0.1, 0.15) is 6.07 Å². The number of esters is 1. The molecule has 0 N–H and O–H groups in total. The number of hydrogen-bond donors (Lipinski definition) is 0. The Kier molecular flexibility index (Phi) is 3.75. The standard InChI is InChI=1S/C10H9FN2O2/c1-2-15-10(14)9(11)8-3-7(4-12)5-13-6-8/h3,5-6,9H,2H2,1H3. The number of alkyl halides is 1. The van der Waals surface area contributed by atoms with Crippen LogP contribution in [0.5, 0.6) is 0 Å². The van der Waals surface area contributed by atoms with Crippen molar-refractivity contribution in [1.82, 2.24) is 4.98 Å². The molecule has 1 heterocycles. The van der Waals surface area contributed by atoms with E-state index in [1.807, 2.05) is 6.07 Å². The molecule has 0 aliphatic heterocycles. The summed E-state index contributed by atoms with van der Waals surface area (Å²) in [5, 5.41) is 8.56. The summed E-state index contributed by atoms with van der Waals surface area (Å²) < 4.78 is 17.9. The minimum absolute atomic E-state index is 0.0347. The summed E-state index contributed by atoms with van der Waals surface area (Å²) in [5.41, 5.74) is 0.243. The first-order valence-corrected chi connectivity index (χ1v) is 4.34. The molecule has 4 nitrogen and oxygen atoms in total. The normalized spacial score (nSPS) is 11.5. The first-order valence-electron chi connectivity index (χ1n) is 4.34. The van der Waals surface area contributed by atoms with Crippen LogP contribution in [0.25, 0.3) is 0 Å². The molecule has 0 aliphatic carbocycles. The summed E-state index contributed by atoms with van der Waals surface area (Å²) >= 11 is 0. The molecule has 0 aliphatic rings. The summed E-state index contributed by atoms with van der Waals surface area (Å²) in [4.78, 5) is 14.7. The van der Waals surface area contributed by atoms with Crippen molar-refractivity contribution in [3.8, 4) is 6.07 Å². The lowest BCUT2D eigenvalue weighted by molar-refractivity contribution is -0.149. The number of carbonyl (C=O) groups is 1. The van der Waals surface area contributed by atoms with Crippen molar-refractivity contribution in [1.29, 1.82) is 5.26 Å². The van der Waals surface area contributed by atoms with Crippen LogP contribution in [-0.4, -0.2) is 17.6 Å². The molecular formula is C10H9FN2O2. The number of pyridine rings is 1. The van der Waals surface area contributed by atoms with Crippen LogP contribution in [0.1, 0.15) is 24.2 Å². The van der Waals surface area contributed by atoms with Crippen LogP contribution >= 0.6 is 0 Å². The van der Waals surface area contributed by atoms with Crippen LogP contribution in [-0.2, 0) is 9.53 Å². The van der Waals surface area contributed by atoms with Crippen molar-refractivity contribution in [3.63, 3.8) is 0 Å². The number of ether oxygens (including phenoxy) is 1. The van der Waals surface area contributed by atoms with Crippen LogP contribution in [0, 0.1) is 11.3 Å². The Morgan fingerprint density at radius 3 is 3.07 bits per heavy atom. The smallest absolute Gasteiger partial charge is 0.345 e. The summed E-state index contributed by atoms with van der Waals surface area (Å²) in [6, 6.07) is 3.08. The van der Waals surface area contributed by atoms with Crippen molar-refractivity contribution in [2.75, 3.05) is 6.61 Å². The molecule has 0 spiro atoms. The number of carbonyl (C=O) groups excluding carboxylic acids is 1. The van der Waals surface area contributed by atoms with Gasteiger partial charge in [0, 0.05) is 18.0 Å². The van der Waals surface area contributed by atoms with Gasteiger partial charge in [0.15, 0.2) is 0 Å².